The van der Waals surface area contributed by atoms with Crippen LogP contribution in [0.2, 0.25) is 0 Å². The molecule has 0 amide bonds. The monoisotopic (exact) mass is 170 g/mol. The molecule has 0 aliphatic carbocycles. The zero-order valence-corrected chi connectivity index (χ0v) is 7.41. The van der Waals surface area contributed by atoms with Crippen LogP contribution < -0.4 is 0 Å². The molecule has 0 bridgehead atoms. The minimum absolute atomic E-state index is 0.0276. The second kappa shape index (κ2) is 6.61. The van der Waals surface area contributed by atoms with Gasteiger partial charge in [-0.05, 0) is 19.9 Å². The van der Waals surface area contributed by atoms with E-state index in [1.54, 1.807) is 26.0 Å². The van der Waals surface area contributed by atoms with Gasteiger partial charge in [-0.3, -0.25) is 0 Å². The van der Waals surface area contributed by atoms with Crippen LogP contribution in [0.4, 0.5) is 0 Å². The van der Waals surface area contributed by atoms with Crippen LogP contribution in [0.1, 0.15) is 13.8 Å². The first-order valence-corrected chi connectivity index (χ1v) is 3.78. The Morgan fingerprint density at radius 3 is 2.67 bits per heavy atom. The first-order valence-electron chi connectivity index (χ1n) is 3.78. The molecule has 0 aliphatic heterocycles. The number of rotatable bonds is 4. The van der Waals surface area contributed by atoms with E-state index >= 15 is 0 Å². The molecule has 0 heterocycles. The van der Waals surface area contributed by atoms with Gasteiger partial charge in [-0.25, -0.2) is 4.79 Å². The molecule has 12 heavy (non-hydrogen) atoms. The summed E-state index contributed by atoms with van der Waals surface area (Å²) >= 11 is 0. The Labute approximate surface area is 72.3 Å². The first kappa shape index (κ1) is 10.9. The standard InChI is InChI=1S/C9H14O3/c1-3-8(2)9(11)12-7-5-4-6-10/h3-5,10H,6-7H2,1-2H3. The minimum Gasteiger partial charge on any atom is -0.458 e. The molecular weight excluding hydrogens is 156 g/mol. The second-order valence-electron chi connectivity index (χ2n) is 2.22. The van der Waals surface area contributed by atoms with Gasteiger partial charge < -0.3 is 9.84 Å². The predicted octanol–water partition coefficient (Wildman–Crippen LogP) is 1.04. The predicted molar refractivity (Wildman–Crippen MR) is 46.6 cm³/mol. The highest BCUT2D eigenvalue weighted by molar-refractivity contribution is 5.87. The minimum atomic E-state index is -0.319. The van der Waals surface area contributed by atoms with Crippen molar-refractivity contribution in [1.82, 2.24) is 0 Å². The number of ether oxygens (including phenoxy) is 1. The molecule has 0 rings (SSSR count). The quantitative estimate of drug-likeness (QED) is 0.389. The molecule has 0 saturated carbocycles. The molecule has 68 valence electrons. The lowest BCUT2D eigenvalue weighted by molar-refractivity contribution is -0.137. The zero-order valence-electron chi connectivity index (χ0n) is 7.41. The van der Waals surface area contributed by atoms with Gasteiger partial charge in [-0.1, -0.05) is 12.2 Å². The van der Waals surface area contributed by atoms with Crippen LogP contribution in [-0.4, -0.2) is 24.3 Å². The van der Waals surface area contributed by atoms with Crippen molar-refractivity contribution in [3.63, 3.8) is 0 Å². The van der Waals surface area contributed by atoms with Gasteiger partial charge in [-0.15, -0.1) is 0 Å². The van der Waals surface area contributed by atoms with Crippen LogP contribution in [-0.2, 0) is 9.53 Å². The van der Waals surface area contributed by atoms with Crippen molar-refractivity contribution < 1.29 is 14.6 Å². The summed E-state index contributed by atoms with van der Waals surface area (Å²) in [7, 11) is 0. The third-order valence-corrected chi connectivity index (χ3v) is 1.34. The Hall–Kier alpha value is -1.09. The number of hydrogen-bond acceptors (Lipinski definition) is 3. The van der Waals surface area contributed by atoms with Gasteiger partial charge in [0.05, 0.1) is 6.61 Å². The summed E-state index contributed by atoms with van der Waals surface area (Å²) in [5, 5.41) is 8.35. The SMILES string of the molecule is CC=C(C)C(=O)OCC=CCO. The van der Waals surface area contributed by atoms with E-state index < -0.39 is 0 Å². The molecule has 0 aromatic carbocycles. The maximum absolute atomic E-state index is 11.0. The van der Waals surface area contributed by atoms with Crippen molar-refractivity contribution in [2.24, 2.45) is 0 Å². The van der Waals surface area contributed by atoms with Gasteiger partial charge in [0.15, 0.2) is 0 Å². The van der Waals surface area contributed by atoms with E-state index in [0.29, 0.717) is 5.57 Å². The molecular formula is C9H14O3. The molecule has 3 heteroatoms. The molecule has 0 radical (unpaired) electrons. The lowest BCUT2D eigenvalue weighted by Gasteiger charge is -1.99. The van der Waals surface area contributed by atoms with E-state index in [1.807, 2.05) is 0 Å². The van der Waals surface area contributed by atoms with E-state index in [-0.39, 0.29) is 19.2 Å². The largest absolute Gasteiger partial charge is 0.458 e. The van der Waals surface area contributed by atoms with Crippen LogP contribution in [0, 0.1) is 0 Å². The van der Waals surface area contributed by atoms with E-state index in [9.17, 15) is 4.79 Å². The molecule has 0 aromatic heterocycles. The Morgan fingerprint density at radius 1 is 1.50 bits per heavy atom. The smallest absolute Gasteiger partial charge is 0.333 e. The van der Waals surface area contributed by atoms with E-state index in [4.69, 9.17) is 9.84 Å². The van der Waals surface area contributed by atoms with Gasteiger partial charge in [0.2, 0.25) is 0 Å². The van der Waals surface area contributed by atoms with Crippen molar-refractivity contribution in [3.8, 4) is 0 Å². The number of aliphatic hydroxyl groups excluding tert-OH is 1. The number of carbonyl (C=O) groups is 1. The summed E-state index contributed by atoms with van der Waals surface area (Å²) in [6.45, 7) is 3.66. The number of esters is 1. The lowest BCUT2D eigenvalue weighted by Crippen LogP contribution is -2.05. The molecule has 3 nitrogen and oxygen atoms in total. The fraction of sp³-hybridized carbons (Fsp3) is 0.444. The summed E-state index contributed by atoms with van der Waals surface area (Å²) in [5.74, 6) is -0.319. The van der Waals surface area contributed by atoms with Crippen LogP contribution in [0.3, 0.4) is 0 Å². The summed E-state index contributed by atoms with van der Waals surface area (Å²) in [4.78, 5) is 11.0. The zero-order chi connectivity index (χ0) is 9.40. The average Bonchev–Trinajstić information content (AvgIpc) is 2.10. The molecule has 0 fully saturated rings. The summed E-state index contributed by atoms with van der Waals surface area (Å²) in [6.07, 6.45) is 4.82. The van der Waals surface area contributed by atoms with Crippen molar-refractivity contribution in [1.29, 1.82) is 0 Å². The van der Waals surface area contributed by atoms with Gasteiger partial charge in [0, 0.05) is 5.57 Å². The molecule has 0 aromatic rings. The highest BCUT2D eigenvalue weighted by Crippen LogP contribution is 1.95. The van der Waals surface area contributed by atoms with Crippen LogP contribution in [0.5, 0.6) is 0 Å². The van der Waals surface area contributed by atoms with Gasteiger partial charge in [0.25, 0.3) is 0 Å². The molecule has 0 unspecified atom stereocenters. The van der Waals surface area contributed by atoms with Gasteiger partial charge in [-0.2, -0.15) is 0 Å². The molecule has 0 spiro atoms. The van der Waals surface area contributed by atoms with Crippen molar-refractivity contribution >= 4 is 5.97 Å². The third kappa shape index (κ3) is 4.68. The fourth-order valence-corrected chi connectivity index (χ4v) is 0.498. The van der Waals surface area contributed by atoms with Gasteiger partial charge in [0.1, 0.15) is 6.61 Å². The number of allylic oxidation sites excluding steroid dienone is 1. The Kier molecular flexibility index (Phi) is 6.01. The van der Waals surface area contributed by atoms with E-state index in [0.717, 1.165) is 0 Å². The second-order valence-corrected chi connectivity index (χ2v) is 2.22. The van der Waals surface area contributed by atoms with Crippen LogP contribution in [0.25, 0.3) is 0 Å². The summed E-state index contributed by atoms with van der Waals surface area (Å²) in [5.41, 5.74) is 0.590. The Bertz CT molecular complexity index is 192. The van der Waals surface area contributed by atoms with E-state index in [1.165, 1.54) is 6.08 Å². The molecule has 0 saturated heterocycles. The molecule has 0 atom stereocenters. The Morgan fingerprint density at radius 2 is 2.17 bits per heavy atom. The third-order valence-electron chi connectivity index (χ3n) is 1.34. The lowest BCUT2D eigenvalue weighted by atomic mass is 10.3. The van der Waals surface area contributed by atoms with E-state index in [2.05, 4.69) is 0 Å². The molecule has 0 aliphatic rings. The number of aliphatic hydroxyl groups is 1. The topological polar surface area (TPSA) is 46.5 Å². The summed E-state index contributed by atoms with van der Waals surface area (Å²) < 4.78 is 4.79. The molecule has 1 N–H and O–H groups in total. The maximum atomic E-state index is 11.0. The first-order chi connectivity index (χ1) is 5.72. The normalized spacial score (nSPS) is 12.1. The highest BCUT2D eigenvalue weighted by Gasteiger charge is 2.01. The maximum Gasteiger partial charge on any atom is 0.333 e. The summed E-state index contributed by atoms with van der Waals surface area (Å²) in [6, 6.07) is 0. The van der Waals surface area contributed by atoms with Crippen molar-refractivity contribution in [3.05, 3.63) is 23.8 Å². The van der Waals surface area contributed by atoms with Gasteiger partial charge >= 0.3 is 5.97 Å². The van der Waals surface area contributed by atoms with Crippen molar-refractivity contribution in [2.75, 3.05) is 13.2 Å². The Balaban J connectivity index is 3.65. The fourth-order valence-electron chi connectivity index (χ4n) is 0.498. The number of carbonyl (C=O) groups excluding carboxylic acids is 1. The van der Waals surface area contributed by atoms with Crippen LogP contribution >= 0.6 is 0 Å². The highest BCUT2D eigenvalue weighted by atomic mass is 16.5. The number of hydrogen-bond donors (Lipinski definition) is 1. The van der Waals surface area contributed by atoms with Crippen molar-refractivity contribution in [2.45, 2.75) is 13.8 Å². The average molecular weight is 170 g/mol. The van der Waals surface area contributed by atoms with Crippen LogP contribution in [0.15, 0.2) is 23.8 Å².